The highest BCUT2D eigenvalue weighted by atomic mass is 79.9. The van der Waals surface area contributed by atoms with Crippen molar-refractivity contribution in [2.45, 2.75) is 37.5 Å². The van der Waals surface area contributed by atoms with E-state index in [1.165, 1.54) is 0 Å². The molecule has 90 valence electrons. The van der Waals surface area contributed by atoms with Crippen LogP contribution >= 0.6 is 15.9 Å². The Hall–Kier alpha value is 0.350. The van der Waals surface area contributed by atoms with Crippen LogP contribution in [0, 0.1) is 0 Å². The topological polar surface area (TPSA) is 55.4 Å². The molecule has 1 saturated heterocycles. The minimum Gasteiger partial charge on any atom is -0.381 e. The van der Waals surface area contributed by atoms with Crippen LogP contribution in [-0.4, -0.2) is 37.8 Å². The fraction of sp³-hybridized carbons (Fsp3) is 1.00. The fourth-order valence-electron chi connectivity index (χ4n) is 1.48. The molecule has 1 heterocycles. The first-order valence-corrected chi connectivity index (χ1v) is 7.71. The summed E-state index contributed by atoms with van der Waals surface area (Å²) < 4.78 is 31.8. The third kappa shape index (κ3) is 4.01. The van der Waals surface area contributed by atoms with Crippen LogP contribution in [-0.2, 0) is 14.8 Å². The van der Waals surface area contributed by atoms with E-state index in [1.807, 2.05) is 13.8 Å². The van der Waals surface area contributed by atoms with Crippen molar-refractivity contribution in [3.05, 3.63) is 0 Å². The first kappa shape index (κ1) is 13.4. The zero-order chi connectivity index (χ0) is 11.5. The summed E-state index contributed by atoms with van der Waals surface area (Å²) in [7, 11) is -3.21. The van der Waals surface area contributed by atoms with E-state index in [9.17, 15) is 8.42 Å². The molecule has 0 aliphatic carbocycles. The van der Waals surface area contributed by atoms with Gasteiger partial charge >= 0.3 is 0 Å². The van der Waals surface area contributed by atoms with Gasteiger partial charge in [0.25, 0.3) is 0 Å². The number of hydrogen-bond acceptors (Lipinski definition) is 3. The van der Waals surface area contributed by atoms with Crippen molar-refractivity contribution in [1.82, 2.24) is 4.72 Å². The van der Waals surface area contributed by atoms with Gasteiger partial charge in [0.2, 0.25) is 10.0 Å². The van der Waals surface area contributed by atoms with Crippen molar-refractivity contribution in [1.29, 1.82) is 0 Å². The maximum atomic E-state index is 12.0. The van der Waals surface area contributed by atoms with Crippen LogP contribution in [0.1, 0.15) is 26.7 Å². The highest BCUT2D eigenvalue weighted by Crippen LogP contribution is 2.18. The molecule has 0 saturated carbocycles. The number of hydrogen-bond donors (Lipinski definition) is 1. The van der Waals surface area contributed by atoms with Gasteiger partial charge in [0, 0.05) is 24.1 Å². The van der Waals surface area contributed by atoms with Crippen LogP contribution in [0.3, 0.4) is 0 Å². The minimum atomic E-state index is -3.21. The summed E-state index contributed by atoms with van der Waals surface area (Å²) in [5.74, 6) is 0. The van der Waals surface area contributed by atoms with E-state index < -0.39 is 15.6 Å². The molecule has 0 aromatic heterocycles. The molecule has 0 radical (unpaired) electrons. The first-order chi connectivity index (χ1) is 6.87. The van der Waals surface area contributed by atoms with Crippen molar-refractivity contribution >= 4 is 26.0 Å². The van der Waals surface area contributed by atoms with Crippen LogP contribution in [0.2, 0.25) is 0 Å². The summed E-state index contributed by atoms with van der Waals surface area (Å²) in [5, 5.41) is 0.298. The second-order valence-electron chi connectivity index (χ2n) is 4.48. The van der Waals surface area contributed by atoms with Gasteiger partial charge in [-0.25, -0.2) is 13.1 Å². The van der Waals surface area contributed by atoms with Gasteiger partial charge in [-0.1, -0.05) is 15.9 Å². The molecular formula is C9H18BrNO3S. The number of sulfonamides is 1. The molecule has 0 aromatic carbocycles. The first-order valence-electron chi connectivity index (χ1n) is 5.04. The molecule has 0 unspecified atom stereocenters. The zero-order valence-electron chi connectivity index (χ0n) is 9.12. The van der Waals surface area contributed by atoms with Gasteiger partial charge in [-0.05, 0) is 26.7 Å². The molecular weight excluding hydrogens is 282 g/mol. The van der Waals surface area contributed by atoms with Gasteiger partial charge in [0.15, 0.2) is 0 Å². The van der Waals surface area contributed by atoms with E-state index in [0.29, 0.717) is 31.4 Å². The Bertz CT molecular complexity index is 296. The van der Waals surface area contributed by atoms with E-state index in [4.69, 9.17) is 4.74 Å². The quantitative estimate of drug-likeness (QED) is 0.795. The SMILES string of the molecule is CC(C)(CBr)NS(=O)(=O)C1CCOCC1. The van der Waals surface area contributed by atoms with E-state index in [-0.39, 0.29) is 5.25 Å². The summed E-state index contributed by atoms with van der Waals surface area (Å²) in [5.41, 5.74) is -0.433. The Labute approximate surface area is 99.9 Å². The van der Waals surface area contributed by atoms with Crippen molar-refractivity contribution in [2.24, 2.45) is 0 Å². The van der Waals surface area contributed by atoms with Crippen molar-refractivity contribution in [3.8, 4) is 0 Å². The van der Waals surface area contributed by atoms with Gasteiger partial charge in [-0.15, -0.1) is 0 Å². The average Bonchev–Trinajstić information content (AvgIpc) is 2.18. The van der Waals surface area contributed by atoms with Gasteiger partial charge in [-0.2, -0.15) is 0 Å². The summed E-state index contributed by atoms with van der Waals surface area (Å²) >= 11 is 3.30. The lowest BCUT2D eigenvalue weighted by Gasteiger charge is -2.28. The lowest BCUT2D eigenvalue weighted by molar-refractivity contribution is 0.0980. The van der Waals surface area contributed by atoms with Crippen LogP contribution in [0.15, 0.2) is 0 Å². The van der Waals surface area contributed by atoms with Crippen molar-refractivity contribution < 1.29 is 13.2 Å². The monoisotopic (exact) mass is 299 g/mol. The third-order valence-electron chi connectivity index (χ3n) is 2.36. The molecule has 1 N–H and O–H groups in total. The van der Waals surface area contributed by atoms with Crippen LogP contribution in [0.4, 0.5) is 0 Å². The molecule has 15 heavy (non-hydrogen) atoms. The lowest BCUT2D eigenvalue weighted by atomic mass is 10.1. The average molecular weight is 300 g/mol. The predicted molar refractivity (Wildman–Crippen MR) is 63.8 cm³/mol. The van der Waals surface area contributed by atoms with E-state index in [0.717, 1.165) is 0 Å². The Morgan fingerprint density at radius 2 is 1.93 bits per heavy atom. The maximum absolute atomic E-state index is 12.0. The minimum absolute atomic E-state index is 0.301. The summed E-state index contributed by atoms with van der Waals surface area (Å²) in [6, 6.07) is 0. The largest absolute Gasteiger partial charge is 0.381 e. The van der Waals surface area contributed by atoms with E-state index in [2.05, 4.69) is 20.7 Å². The fourth-order valence-corrected chi connectivity index (χ4v) is 3.63. The van der Waals surface area contributed by atoms with Gasteiger partial charge in [0.05, 0.1) is 5.25 Å². The normalized spacial score (nSPS) is 20.5. The number of alkyl halides is 1. The molecule has 1 fully saturated rings. The van der Waals surface area contributed by atoms with Crippen LogP contribution in [0.5, 0.6) is 0 Å². The number of ether oxygens (including phenoxy) is 1. The Balaban J connectivity index is 2.65. The smallest absolute Gasteiger partial charge is 0.215 e. The Morgan fingerprint density at radius 1 is 1.40 bits per heavy atom. The number of rotatable bonds is 4. The van der Waals surface area contributed by atoms with Gasteiger partial charge < -0.3 is 4.74 Å². The zero-order valence-corrected chi connectivity index (χ0v) is 11.5. The van der Waals surface area contributed by atoms with E-state index >= 15 is 0 Å². The molecule has 4 nitrogen and oxygen atoms in total. The van der Waals surface area contributed by atoms with Crippen molar-refractivity contribution in [2.75, 3.05) is 18.5 Å². The van der Waals surface area contributed by atoms with Crippen molar-refractivity contribution in [3.63, 3.8) is 0 Å². The van der Waals surface area contributed by atoms with Gasteiger partial charge in [-0.3, -0.25) is 0 Å². The van der Waals surface area contributed by atoms with Gasteiger partial charge in [0.1, 0.15) is 0 Å². The van der Waals surface area contributed by atoms with E-state index in [1.54, 1.807) is 0 Å². The Morgan fingerprint density at radius 3 is 2.40 bits per heavy atom. The maximum Gasteiger partial charge on any atom is 0.215 e. The molecule has 6 heteroatoms. The standard InChI is InChI=1S/C9H18BrNO3S/c1-9(2,7-10)11-15(12,13)8-3-5-14-6-4-8/h8,11H,3-7H2,1-2H3. The molecule has 0 atom stereocenters. The molecule has 1 rings (SSSR count). The molecule has 0 spiro atoms. The van der Waals surface area contributed by atoms with Crippen LogP contribution in [0.25, 0.3) is 0 Å². The highest BCUT2D eigenvalue weighted by molar-refractivity contribution is 9.09. The second kappa shape index (κ2) is 5.12. The molecule has 1 aliphatic rings. The summed E-state index contributed by atoms with van der Waals surface area (Å²) in [6.07, 6.45) is 1.18. The molecule has 0 aromatic rings. The third-order valence-corrected chi connectivity index (χ3v) is 5.95. The summed E-state index contributed by atoms with van der Waals surface area (Å²) in [4.78, 5) is 0. The lowest BCUT2D eigenvalue weighted by Crippen LogP contribution is -2.49. The molecule has 1 aliphatic heterocycles. The highest BCUT2D eigenvalue weighted by Gasteiger charge is 2.32. The predicted octanol–water partition coefficient (Wildman–Crippen LogP) is 1.26. The number of halogens is 1. The molecule has 0 amide bonds. The molecule has 0 bridgehead atoms. The van der Waals surface area contributed by atoms with Crippen LogP contribution < -0.4 is 4.72 Å². The second-order valence-corrected chi connectivity index (χ2v) is 7.00. The summed E-state index contributed by atoms with van der Waals surface area (Å²) in [6.45, 7) is 4.80. The number of nitrogens with one attached hydrogen (secondary N) is 1. The Kier molecular flexibility index (Phi) is 4.58.